The summed E-state index contributed by atoms with van der Waals surface area (Å²) in [6, 6.07) is 20.8. The standard InChI is InChI=1S/C23H24N2O4S2/c1-16-15-19(13-14-21(16)29-3)31(27,28)25-17(2)23(26)24-20-11-7-8-12-22(20)30-18-9-5-4-6-10-18/h4-15,17,25H,1-3H3,(H,24,26)/t17-/m0/s1. The molecule has 0 radical (unpaired) electrons. The minimum atomic E-state index is -3.87. The minimum absolute atomic E-state index is 0.0745. The van der Waals surface area contributed by atoms with Gasteiger partial charge in [0.15, 0.2) is 0 Å². The molecule has 2 N–H and O–H groups in total. The summed E-state index contributed by atoms with van der Waals surface area (Å²) in [5.41, 5.74) is 1.31. The number of methoxy groups -OCH3 is 1. The summed E-state index contributed by atoms with van der Waals surface area (Å²) in [7, 11) is -2.35. The van der Waals surface area contributed by atoms with Crippen molar-refractivity contribution >= 4 is 33.4 Å². The van der Waals surface area contributed by atoms with E-state index in [2.05, 4.69) is 10.0 Å². The summed E-state index contributed by atoms with van der Waals surface area (Å²) in [5.74, 6) is 0.146. The van der Waals surface area contributed by atoms with Crippen molar-refractivity contribution in [3.8, 4) is 5.75 Å². The maximum Gasteiger partial charge on any atom is 0.242 e. The van der Waals surface area contributed by atoms with Gasteiger partial charge in [-0.05, 0) is 61.9 Å². The molecule has 0 heterocycles. The zero-order chi connectivity index (χ0) is 22.4. The normalized spacial score (nSPS) is 12.2. The van der Waals surface area contributed by atoms with Crippen molar-refractivity contribution in [3.63, 3.8) is 0 Å². The summed E-state index contributed by atoms with van der Waals surface area (Å²) < 4.78 is 33.1. The molecule has 0 spiro atoms. The number of aryl methyl sites for hydroxylation is 1. The lowest BCUT2D eigenvalue weighted by Crippen LogP contribution is -2.41. The average Bonchev–Trinajstić information content (AvgIpc) is 2.75. The molecule has 0 aliphatic carbocycles. The van der Waals surface area contributed by atoms with E-state index in [9.17, 15) is 13.2 Å². The lowest BCUT2D eigenvalue weighted by molar-refractivity contribution is -0.117. The molecule has 162 valence electrons. The number of anilines is 1. The molecule has 1 atom stereocenters. The minimum Gasteiger partial charge on any atom is -0.496 e. The molecule has 1 amide bonds. The van der Waals surface area contributed by atoms with E-state index < -0.39 is 22.0 Å². The van der Waals surface area contributed by atoms with Crippen molar-refractivity contribution in [1.29, 1.82) is 0 Å². The molecule has 8 heteroatoms. The van der Waals surface area contributed by atoms with Crippen LogP contribution in [-0.2, 0) is 14.8 Å². The molecule has 0 aromatic heterocycles. The van der Waals surface area contributed by atoms with E-state index in [1.165, 1.54) is 37.9 Å². The van der Waals surface area contributed by atoms with E-state index in [1.807, 2.05) is 48.5 Å². The van der Waals surface area contributed by atoms with Crippen molar-refractivity contribution in [2.24, 2.45) is 0 Å². The molecule has 0 fully saturated rings. The van der Waals surface area contributed by atoms with E-state index in [1.54, 1.807) is 19.1 Å². The molecule has 3 aromatic rings. The number of hydrogen-bond donors (Lipinski definition) is 2. The van der Waals surface area contributed by atoms with Gasteiger partial charge in [0.25, 0.3) is 0 Å². The third kappa shape index (κ3) is 5.88. The highest BCUT2D eigenvalue weighted by molar-refractivity contribution is 7.99. The Balaban J connectivity index is 1.72. The van der Waals surface area contributed by atoms with Gasteiger partial charge in [0.1, 0.15) is 5.75 Å². The number of carbonyl (C=O) groups is 1. The molecule has 0 unspecified atom stereocenters. The van der Waals surface area contributed by atoms with Crippen LogP contribution < -0.4 is 14.8 Å². The number of carbonyl (C=O) groups excluding carboxylic acids is 1. The number of ether oxygens (including phenoxy) is 1. The fourth-order valence-electron chi connectivity index (χ4n) is 2.89. The summed E-state index contributed by atoms with van der Waals surface area (Å²) in [4.78, 5) is 14.7. The summed E-state index contributed by atoms with van der Waals surface area (Å²) in [6.07, 6.45) is 0. The summed E-state index contributed by atoms with van der Waals surface area (Å²) >= 11 is 1.52. The van der Waals surface area contributed by atoms with Gasteiger partial charge >= 0.3 is 0 Å². The average molecular weight is 457 g/mol. The molecule has 0 aliphatic heterocycles. The van der Waals surface area contributed by atoms with Gasteiger partial charge in [0.05, 0.1) is 23.7 Å². The van der Waals surface area contributed by atoms with Crippen LogP contribution >= 0.6 is 11.8 Å². The molecular weight excluding hydrogens is 432 g/mol. The first-order chi connectivity index (χ1) is 14.8. The van der Waals surface area contributed by atoms with Gasteiger partial charge in [-0.25, -0.2) is 8.42 Å². The quantitative estimate of drug-likeness (QED) is 0.523. The number of amides is 1. The number of sulfonamides is 1. The Hall–Kier alpha value is -2.81. The van der Waals surface area contributed by atoms with Crippen molar-refractivity contribution in [1.82, 2.24) is 4.72 Å². The Labute approximate surface area is 187 Å². The highest BCUT2D eigenvalue weighted by Gasteiger charge is 2.23. The van der Waals surface area contributed by atoms with Crippen molar-refractivity contribution in [2.75, 3.05) is 12.4 Å². The second-order valence-corrected chi connectivity index (χ2v) is 9.70. The first-order valence-corrected chi connectivity index (χ1v) is 11.9. The number of para-hydroxylation sites is 1. The van der Waals surface area contributed by atoms with Crippen LogP contribution in [0.3, 0.4) is 0 Å². The summed E-state index contributed by atoms with van der Waals surface area (Å²) in [6.45, 7) is 3.27. The van der Waals surface area contributed by atoms with Crippen LogP contribution in [0.25, 0.3) is 0 Å². The molecule has 6 nitrogen and oxygen atoms in total. The maximum atomic E-state index is 12.7. The zero-order valence-corrected chi connectivity index (χ0v) is 19.1. The second-order valence-electron chi connectivity index (χ2n) is 6.87. The lowest BCUT2D eigenvalue weighted by Gasteiger charge is -2.17. The fourth-order valence-corrected chi connectivity index (χ4v) is 5.10. The van der Waals surface area contributed by atoms with Crippen molar-refractivity contribution < 1.29 is 17.9 Å². The topological polar surface area (TPSA) is 84.5 Å². The lowest BCUT2D eigenvalue weighted by atomic mass is 10.2. The molecule has 3 aromatic carbocycles. The van der Waals surface area contributed by atoms with Crippen LogP contribution in [0, 0.1) is 6.92 Å². The van der Waals surface area contributed by atoms with Gasteiger partial charge < -0.3 is 10.1 Å². The van der Waals surface area contributed by atoms with E-state index >= 15 is 0 Å². The van der Waals surface area contributed by atoms with Crippen LogP contribution in [0.5, 0.6) is 5.75 Å². The van der Waals surface area contributed by atoms with Gasteiger partial charge in [0.2, 0.25) is 15.9 Å². The first kappa shape index (κ1) is 22.9. The van der Waals surface area contributed by atoms with Gasteiger partial charge in [-0.15, -0.1) is 0 Å². The Bertz CT molecular complexity index is 1170. The Morgan fingerprint density at radius 2 is 1.68 bits per heavy atom. The van der Waals surface area contributed by atoms with E-state index in [-0.39, 0.29) is 4.90 Å². The van der Waals surface area contributed by atoms with Crippen molar-refractivity contribution in [3.05, 3.63) is 78.4 Å². The van der Waals surface area contributed by atoms with E-state index in [0.29, 0.717) is 17.0 Å². The monoisotopic (exact) mass is 456 g/mol. The largest absolute Gasteiger partial charge is 0.496 e. The second kappa shape index (κ2) is 10.00. The molecule has 3 rings (SSSR count). The number of nitrogens with one attached hydrogen (secondary N) is 2. The Kier molecular flexibility index (Phi) is 7.37. The SMILES string of the molecule is COc1ccc(S(=O)(=O)N[C@@H](C)C(=O)Nc2ccccc2Sc2ccccc2)cc1C. The molecule has 31 heavy (non-hydrogen) atoms. The predicted molar refractivity (Wildman–Crippen MR) is 123 cm³/mol. The van der Waals surface area contributed by atoms with Gasteiger partial charge in [0, 0.05) is 9.79 Å². The van der Waals surface area contributed by atoms with E-state index in [4.69, 9.17) is 4.74 Å². The molecule has 0 saturated heterocycles. The third-order valence-corrected chi connectivity index (χ3v) is 7.14. The Morgan fingerprint density at radius 1 is 1.00 bits per heavy atom. The maximum absolute atomic E-state index is 12.7. The van der Waals surface area contributed by atoms with E-state index in [0.717, 1.165) is 9.79 Å². The fraction of sp³-hybridized carbons (Fsp3) is 0.174. The van der Waals surface area contributed by atoms with Crippen LogP contribution in [0.2, 0.25) is 0 Å². The molecule has 0 saturated carbocycles. The van der Waals surface area contributed by atoms with Crippen LogP contribution in [-0.4, -0.2) is 27.5 Å². The number of rotatable bonds is 8. The van der Waals surface area contributed by atoms with Crippen LogP contribution in [0.4, 0.5) is 5.69 Å². The van der Waals surface area contributed by atoms with Gasteiger partial charge in [-0.2, -0.15) is 4.72 Å². The molecular formula is C23H24N2O4S2. The highest BCUT2D eigenvalue weighted by Crippen LogP contribution is 2.33. The highest BCUT2D eigenvalue weighted by atomic mass is 32.2. The Morgan fingerprint density at radius 3 is 2.35 bits per heavy atom. The smallest absolute Gasteiger partial charge is 0.242 e. The molecule has 0 aliphatic rings. The van der Waals surface area contributed by atoms with Crippen LogP contribution in [0.15, 0.2) is 87.5 Å². The zero-order valence-electron chi connectivity index (χ0n) is 17.5. The van der Waals surface area contributed by atoms with Gasteiger partial charge in [-0.3, -0.25) is 4.79 Å². The van der Waals surface area contributed by atoms with Crippen molar-refractivity contribution in [2.45, 2.75) is 34.6 Å². The van der Waals surface area contributed by atoms with Gasteiger partial charge in [-0.1, -0.05) is 42.1 Å². The van der Waals surface area contributed by atoms with Crippen LogP contribution in [0.1, 0.15) is 12.5 Å². The predicted octanol–water partition coefficient (Wildman–Crippen LogP) is 4.46. The molecule has 0 bridgehead atoms. The first-order valence-electron chi connectivity index (χ1n) is 9.60. The summed E-state index contributed by atoms with van der Waals surface area (Å²) in [5, 5.41) is 2.83. The number of hydrogen-bond acceptors (Lipinski definition) is 5. The number of benzene rings is 3. The third-order valence-electron chi connectivity index (χ3n) is 4.52.